The van der Waals surface area contributed by atoms with E-state index in [4.69, 9.17) is 21.4 Å². The molecular formula is C17H18ClNO3. The minimum atomic E-state index is -0.999. The normalized spacial score (nSPS) is 10.3. The molecule has 0 spiro atoms. The van der Waals surface area contributed by atoms with Crippen molar-refractivity contribution in [3.8, 4) is 5.75 Å². The van der Waals surface area contributed by atoms with E-state index in [9.17, 15) is 4.79 Å². The SMILES string of the molecule is Cc1ccccc1OCCCNc1c(Cl)cccc1C(=O)O. The summed E-state index contributed by atoms with van der Waals surface area (Å²) in [5, 5.41) is 12.6. The van der Waals surface area contributed by atoms with Gasteiger partial charge in [-0.1, -0.05) is 35.9 Å². The van der Waals surface area contributed by atoms with Gasteiger partial charge in [0.1, 0.15) is 5.75 Å². The van der Waals surface area contributed by atoms with Crippen LogP contribution in [0.5, 0.6) is 5.75 Å². The molecule has 0 aromatic heterocycles. The van der Waals surface area contributed by atoms with Crippen molar-refractivity contribution in [2.45, 2.75) is 13.3 Å². The van der Waals surface area contributed by atoms with E-state index < -0.39 is 5.97 Å². The summed E-state index contributed by atoms with van der Waals surface area (Å²) in [5.41, 5.74) is 1.72. The number of ether oxygens (including phenoxy) is 1. The van der Waals surface area contributed by atoms with E-state index in [1.54, 1.807) is 12.1 Å². The van der Waals surface area contributed by atoms with Crippen molar-refractivity contribution in [1.29, 1.82) is 0 Å². The largest absolute Gasteiger partial charge is 0.493 e. The summed E-state index contributed by atoms with van der Waals surface area (Å²) < 4.78 is 5.69. The molecule has 0 aliphatic rings. The van der Waals surface area contributed by atoms with Crippen LogP contribution < -0.4 is 10.1 Å². The summed E-state index contributed by atoms with van der Waals surface area (Å²) >= 11 is 6.05. The monoisotopic (exact) mass is 319 g/mol. The molecule has 0 saturated heterocycles. The second-order valence-electron chi connectivity index (χ2n) is 4.86. The quantitative estimate of drug-likeness (QED) is 0.750. The average Bonchev–Trinajstić information content (AvgIpc) is 2.49. The van der Waals surface area contributed by atoms with Crippen LogP contribution in [0.1, 0.15) is 22.3 Å². The lowest BCUT2D eigenvalue weighted by Gasteiger charge is -2.12. The Hall–Kier alpha value is -2.20. The van der Waals surface area contributed by atoms with Gasteiger partial charge in [0.2, 0.25) is 0 Å². The van der Waals surface area contributed by atoms with Gasteiger partial charge in [-0.3, -0.25) is 0 Å². The second kappa shape index (κ2) is 7.71. The molecule has 5 heteroatoms. The Balaban J connectivity index is 1.85. The molecule has 116 valence electrons. The molecule has 0 radical (unpaired) electrons. The van der Waals surface area contributed by atoms with E-state index in [1.807, 2.05) is 31.2 Å². The number of aromatic carboxylic acids is 1. The molecule has 0 heterocycles. The molecular weight excluding hydrogens is 302 g/mol. The molecule has 2 aromatic carbocycles. The fourth-order valence-electron chi connectivity index (χ4n) is 2.07. The Morgan fingerprint density at radius 3 is 2.73 bits per heavy atom. The number of anilines is 1. The summed E-state index contributed by atoms with van der Waals surface area (Å²) in [4.78, 5) is 11.2. The lowest BCUT2D eigenvalue weighted by atomic mass is 10.1. The highest BCUT2D eigenvalue weighted by Crippen LogP contribution is 2.26. The number of benzene rings is 2. The van der Waals surface area contributed by atoms with E-state index in [0.717, 1.165) is 17.7 Å². The zero-order chi connectivity index (χ0) is 15.9. The van der Waals surface area contributed by atoms with Crippen LogP contribution in [0.2, 0.25) is 5.02 Å². The summed E-state index contributed by atoms with van der Waals surface area (Å²) in [7, 11) is 0. The number of aryl methyl sites for hydroxylation is 1. The second-order valence-corrected chi connectivity index (χ2v) is 5.27. The summed E-state index contributed by atoms with van der Waals surface area (Å²) in [6.07, 6.45) is 0.735. The first kappa shape index (κ1) is 16.2. The molecule has 22 heavy (non-hydrogen) atoms. The Labute approximate surface area is 134 Å². The van der Waals surface area contributed by atoms with Gasteiger partial charge in [0.15, 0.2) is 0 Å². The Kier molecular flexibility index (Phi) is 5.67. The smallest absolute Gasteiger partial charge is 0.337 e. The average molecular weight is 320 g/mol. The van der Waals surface area contributed by atoms with Crippen molar-refractivity contribution < 1.29 is 14.6 Å². The fourth-order valence-corrected chi connectivity index (χ4v) is 2.31. The molecule has 0 unspecified atom stereocenters. The van der Waals surface area contributed by atoms with Gasteiger partial charge in [-0.05, 0) is 37.1 Å². The Bertz CT molecular complexity index is 658. The van der Waals surface area contributed by atoms with Crippen LogP contribution in [0.4, 0.5) is 5.69 Å². The van der Waals surface area contributed by atoms with Crippen LogP contribution in [0.15, 0.2) is 42.5 Å². The molecule has 0 aliphatic carbocycles. The van der Waals surface area contributed by atoms with Crippen LogP contribution >= 0.6 is 11.6 Å². The molecule has 0 fully saturated rings. The van der Waals surface area contributed by atoms with Gasteiger partial charge in [0.05, 0.1) is 22.9 Å². The van der Waals surface area contributed by atoms with Gasteiger partial charge < -0.3 is 15.2 Å². The van der Waals surface area contributed by atoms with Crippen molar-refractivity contribution >= 4 is 23.3 Å². The van der Waals surface area contributed by atoms with Crippen molar-refractivity contribution in [3.63, 3.8) is 0 Å². The van der Waals surface area contributed by atoms with Crippen LogP contribution in [0, 0.1) is 6.92 Å². The molecule has 0 amide bonds. The van der Waals surface area contributed by atoms with E-state index in [0.29, 0.717) is 23.9 Å². The van der Waals surface area contributed by atoms with Gasteiger partial charge in [0.25, 0.3) is 0 Å². The Morgan fingerprint density at radius 1 is 1.23 bits per heavy atom. The predicted molar refractivity (Wildman–Crippen MR) is 88.2 cm³/mol. The highest BCUT2D eigenvalue weighted by Gasteiger charge is 2.12. The highest BCUT2D eigenvalue weighted by molar-refractivity contribution is 6.34. The van der Waals surface area contributed by atoms with Crippen LogP contribution in [0.25, 0.3) is 0 Å². The summed E-state index contributed by atoms with van der Waals surface area (Å²) in [6, 6.07) is 12.6. The zero-order valence-electron chi connectivity index (χ0n) is 12.3. The van der Waals surface area contributed by atoms with E-state index >= 15 is 0 Å². The first-order chi connectivity index (χ1) is 10.6. The van der Waals surface area contributed by atoms with E-state index in [1.165, 1.54) is 6.07 Å². The number of para-hydroxylation sites is 2. The zero-order valence-corrected chi connectivity index (χ0v) is 13.1. The number of hydrogen-bond donors (Lipinski definition) is 2. The topological polar surface area (TPSA) is 58.6 Å². The third kappa shape index (κ3) is 4.15. The number of carboxylic acids is 1. The first-order valence-corrected chi connectivity index (χ1v) is 7.41. The van der Waals surface area contributed by atoms with Gasteiger partial charge >= 0.3 is 5.97 Å². The van der Waals surface area contributed by atoms with E-state index in [-0.39, 0.29) is 5.56 Å². The standard InChI is InChI=1S/C17H18ClNO3/c1-12-6-2-3-9-15(12)22-11-5-10-19-16-13(17(20)21)7-4-8-14(16)18/h2-4,6-9,19H,5,10-11H2,1H3,(H,20,21). The van der Waals surface area contributed by atoms with Gasteiger partial charge in [0, 0.05) is 6.54 Å². The number of nitrogens with one attached hydrogen (secondary N) is 1. The molecule has 2 N–H and O–H groups in total. The molecule has 4 nitrogen and oxygen atoms in total. The maximum atomic E-state index is 11.2. The maximum Gasteiger partial charge on any atom is 0.337 e. The van der Waals surface area contributed by atoms with Crippen molar-refractivity contribution in [1.82, 2.24) is 0 Å². The summed E-state index contributed by atoms with van der Waals surface area (Å²) in [5.74, 6) is -0.132. The number of halogens is 1. The number of rotatable bonds is 7. The lowest BCUT2D eigenvalue weighted by molar-refractivity contribution is 0.0698. The van der Waals surface area contributed by atoms with E-state index in [2.05, 4.69) is 5.32 Å². The molecule has 2 rings (SSSR count). The van der Waals surface area contributed by atoms with Gasteiger partial charge in [-0.25, -0.2) is 4.79 Å². The Morgan fingerprint density at radius 2 is 2.00 bits per heavy atom. The fraction of sp³-hybridized carbons (Fsp3) is 0.235. The third-order valence-electron chi connectivity index (χ3n) is 3.22. The predicted octanol–water partition coefficient (Wildman–Crippen LogP) is 4.23. The molecule has 2 aromatic rings. The lowest BCUT2D eigenvalue weighted by Crippen LogP contribution is -2.11. The van der Waals surface area contributed by atoms with Crippen LogP contribution in [0.3, 0.4) is 0 Å². The number of carbonyl (C=O) groups is 1. The maximum absolute atomic E-state index is 11.2. The molecule has 0 aliphatic heterocycles. The minimum absolute atomic E-state index is 0.173. The van der Waals surface area contributed by atoms with Crippen LogP contribution in [-0.4, -0.2) is 24.2 Å². The van der Waals surface area contributed by atoms with Gasteiger partial charge in [-0.15, -0.1) is 0 Å². The number of carboxylic acid groups (broad SMARTS) is 1. The van der Waals surface area contributed by atoms with Crippen molar-refractivity contribution in [2.75, 3.05) is 18.5 Å². The third-order valence-corrected chi connectivity index (χ3v) is 3.53. The molecule has 0 saturated carbocycles. The molecule has 0 bridgehead atoms. The highest BCUT2D eigenvalue weighted by atomic mass is 35.5. The minimum Gasteiger partial charge on any atom is -0.493 e. The number of hydrogen-bond acceptors (Lipinski definition) is 3. The van der Waals surface area contributed by atoms with Crippen molar-refractivity contribution in [3.05, 3.63) is 58.6 Å². The summed E-state index contributed by atoms with van der Waals surface area (Å²) in [6.45, 7) is 3.12. The first-order valence-electron chi connectivity index (χ1n) is 7.03. The molecule has 0 atom stereocenters. The van der Waals surface area contributed by atoms with Crippen LogP contribution in [-0.2, 0) is 0 Å². The van der Waals surface area contributed by atoms with Gasteiger partial charge in [-0.2, -0.15) is 0 Å². The van der Waals surface area contributed by atoms with Crippen molar-refractivity contribution in [2.24, 2.45) is 0 Å².